The van der Waals surface area contributed by atoms with Crippen molar-refractivity contribution in [2.24, 2.45) is 0 Å². The van der Waals surface area contributed by atoms with E-state index in [-0.39, 0.29) is 0 Å². The minimum absolute atomic E-state index is 0.606. The molecule has 1 unspecified atom stereocenters. The molecule has 0 saturated heterocycles. The van der Waals surface area contributed by atoms with Crippen molar-refractivity contribution in [1.29, 1.82) is 0 Å². The summed E-state index contributed by atoms with van der Waals surface area (Å²) >= 11 is 0. The Bertz CT molecular complexity index is 788. The molecule has 126 valence electrons. The average molecular weight is 328 g/mol. The Hall–Kier alpha value is -2.61. The molecular weight excluding hydrogens is 304 g/mol. The predicted molar refractivity (Wildman–Crippen MR) is 105 cm³/mol. The second-order valence-corrected chi connectivity index (χ2v) is 6.86. The Kier molecular flexibility index (Phi) is 4.51. The van der Waals surface area contributed by atoms with Crippen LogP contribution in [0.5, 0.6) is 0 Å². The van der Waals surface area contributed by atoms with Gasteiger partial charge in [-0.15, -0.1) is 0 Å². The van der Waals surface area contributed by atoms with Gasteiger partial charge in [-0.3, -0.25) is 4.98 Å². The molecule has 25 heavy (non-hydrogen) atoms. The number of aryl methyl sites for hydroxylation is 1. The summed E-state index contributed by atoms with van der Waals surface area (Å²) < 4.78 is 0. The fourth-order valence-corrected chi connectivity index (χ4v) is 3.68. The van der Waals surface area contributed by atoms with Gasteiger partial charge in [0.15, 0.2) is 0 Å². The monoisotopic (exact) mass is 328 g/mol. The molecule has 0 spiro atoms. The van der Waals surface area contributed by atoms with E-state index >= 15 is 0 Å². The Morgan fingerprint density at radius 3 is 2.16 bits per heavy atom. The first-order valence-corrected chi connectivity index (χ1v) is 9.17. The Morgan fingerprint density at radius 1 is 0.880 bits per heavy atom. The normalized spacial score (nSPS) is 15.8. The van der Waals surface area contributed by atoms with Gasteiger partial charge < -0.3 is 4.90 Å². The third-order valence-electron chi connectivity index (χ3n) is 5.11. The number of anilines is 2. The number of para-hydroxylation sites is 2. The molecule has 1 aliphatic carbocycles. The van der Waals surface area contributed by atoms with Gasteiger partial charge in [-0.25, -0.2) is 0 Å². The van der Waals surface area contributed by atoms with Gasteiger partial charge in [-0.2, -0.15) is 0 Å². The van der Waals surface area contributed by atoms with Crippen molar-refractivity contribution >= 4 is 11.4 Å². The Morgan fingerprint density at radius 2 is 1.52 bits per heavy atom. The third kappa shape index (κ3) is 3.43. The summed E-state index contributed by atoms with van der Waals surface area (Å²) in [4.78, 5) is 7.34. The topological polar surface area (TPSA) is 16.1 Å². The van der Waals surface area contributed by atoms with Crippen LogP contribution in [0.25, 0.3) is 0 Å². The number of fused-ring (bicyclic) bond motifs is 1. The van der Waals surface area contributed by atoms with Crippen molar-refractivity contribution < 1.29 is 0 Å². The Balaban J connectivity index is 1.57. The number of nitrogens with zero attached hydrogens (tertiary/aromatic N) is 2. The lowest BCUT2D eigenvalue weighted by Crippen LogP contribution is -2.20. The number of benzene rings is 2. The standard InChI is InChI=1S/C23H24N2/c1-18-12-13-19-14-15-20(24-23(18)19)16-17-25(21-8-4-2-5-9-21)22-10-6-3-7-11-22/h2-11,14-15,18H,12-13,16-17H2,1H3. The van der Waals surface area contributed by atoms with E-state index in [0.717, 1.165) is 13.0 Å². The highest BCUT2D eigenvalue weighted by Gasteiger charge is 2.20. The van der Waals surface area contributed by atoms with Crippen LogP contribution in [0, 0.1) is 0 Å². The number of hydrogen-bond donors (Lipinski definition) is 0. The molecule has 0 radical (unpaired) electrons. The maximum absolute atomic E-state index is 4.97. The van der Waals surface area contributed by atoms with Crippen molar-refractivity contribution in [1.82, 2.24) is 4.98 Å². The molecule has 1 atom stereocenters. The molecule has 3 aromatic rings. The highest BCUT2D eigenvalue weighted by Crippen LogP contribution is 2.31. The number of aromatic nitrogens is 1. The van der Waals surface area contributed by atoms with Crippen molar-refractivity contribution in [2.75, 3.05) is 11.4 Å². The van der Waals surface area contributed by atoms with E-state index in [2.05, 4.69) is 84.6 Å². The molecule has 4 rings (SSSR count). The van der Waals surface area contributed by atoms with Gasteiger partial charge in [0.2, 0.25) is 0 Å². The first-order valence-electron chi connectivity index (χ1n) is 9.17. The fourth-order valence-electron chi connectivity index (χ4n) is 3.68. The van der Waals surface area contributed by atoms with E-state index in [0.29, 0.717) is 5.92 Å². The zero-order valence-corrected chi connectivity index (χ0v) is 14.7. The summed E-state index contributed by atoms with van der Waals surface area (Å²) in [7, 11) is 0. The highest BCUT2D eigenvalue weighted by atomic mass is 15.1. The number of hydrogen-bond acceptors (Lipinski definition) is 2. The van der Waals surface area contributed by atoms with Crippen LogP contribution >= 0.6 is 0 Å². The van der Waals surface area contributed by atoms with Gasteiger partial charge in [0.25, 0.3) is 0 Å². The minimum atomic E-state index is 0.606. The second kappa shape index (κ2) is 7.10. The quantitative estimate of drug-likeness (QED) is 0.614. The molecule has 0 aliphatic heterocycles. The smallest absolute Gasteiger partial charge is 0.0467 e. The molecule has 2 nitrogen and oxygen atoms in total. The lowest BCUT2D eigenvalue weighted by atomic mass is 10.1. The van der Waals surface area contributed by atoms with E-state index < -0.39 is 0 Å². The molecule has 1 heterocycles. The van der Waals surface area contributed by atoms with Gasteiger partial charge in [-0.1, -0.05) is 49.4 Å². The fraction of sp³-hybridized carbons (Fsp3) is 0.261. The SMILES string of the molecule is CC1CCc2ccc(CCN(c3ccccc3)c3ccccc3)nc21. The van der Waals surface area contributed by atoms with Crippen LogP contribution in [0.4, 0.5) is 11.4 Å². The zero-order chi connectivity index (χ0) is 17.1. The van der Waals surface area contributed by atoms with E-state index in [1.165, 1.54) is 41.2 Å². The largest absolute Gasteiger partial charge is 0.341 e. The van der Waals surface area contributed by atoms with Crippen LogP contribution in [-0.4, -0.2) is 11.5 Å². The van der Waals surface area contributed by atoms with Crippen LogP contribution in [0.2, 0.25) is 0 Å². The van der Waals surface area contributed by atoms with Gasteiger partial charge in [0.1, 0.15) is 0 Å². The van der Waals surface area contributed by atoms with Crippen molar-refractivity contribution in [2.45, 2.75) is 32.1 Å². The van der Waals surface area contributed by atoms with E-state index in [9.17, 15) is 0 Å². The first-order chi connectivity index (χ1) is 12.3. The molecular formula is C23H24N2. The van der Waals surface area contributed by atoms with Crippen LogP contribution < -0.4 is 4.90 Å². The van der Waals surface area contributed by atoms with Crippen LogP contribution in [-0.2, 0) is 12.8 Å². The molecule has 0 N–H and O–H groups in total. The molecule has 1 aromatic heterocycles. The summed E-state index contributed by atoms with van der Waals surface area (Å²) in [5.74, 6) is 0.606. The molecule has 0 amide bonds. The molecule has 2 heteroatoms. The van der Waals surface area contributed by atoms with Crippen LogP contribution in [0.1, 0.15) is 36.2 Å². The van der Waals surface area contributed by atoms with Gasteiger partial charge >= 0.3 is 0 Å². The van der Waals surface area contributed by atoms with E-state index in [1.807, 2.05) is 0 Å². The van der Waals surface area contributed by atoms with Gasteiger partial charge in [0.05, 0.1) is 0 Å². The summed E-state index contributed by atoms with van der Waals surface area (Å²) in [6.07, 6.45) is 3.37. The average Bonchev–Trinajstić information content (AvgIpc) is 3.04. The molecule has 0 bridgehead atoms. The maximum atomic E-state index is 4.97. The van der Waals surface area contributed by atoms with E-state index in [4.69, 9.17) is 4.98 Å². The lowest BCUT2D eigenvalue weighted by molar-refractivity contribution is 0.725. The Labute approximate surface area is 150 Å². The molecule has 2 aromatic carbocycles. The predicted octanol–water partition coefficient (Wildman–Crippen LogP) is 5.51. The summed E-state index contributed by atoms with van der Waals surface area (Å²) in [6.45, 7) is 3.22. The van der Waals surface area contributed by atoms with Crippen molar-refractivity contribution in [3.63, 3.8) is 0 Å². The van der Waals surface area contributed by atoms with E-state index in [1.54, 1.807) is 0 Å². The molecule has 0 saturated carbocycles. The summed E-state index contributed by atoms with van der Waals surface area (Å²) in [5.41, 5.74) is 6.42. The number of rotatable bonds is 5. The van der Waals surface area contributed by atoms with Gasteiger partial charge in [-0.05, 0) is 54.7 Å². The summed E-state index contributed by atoms with van der Waals surface area (Å²) in [5, 5.41) is 0. The van der Waals surface area contributed by atoms with Crippen LogP contribution in [0.3, 0.4) is 0 Å². The van der Waals surface area contributed by atoms with Crippen molar-refractivity contribution in [3.8, 4) is 0 Å². The summed E-state index contributed by atoms with van der Waals surface area (Å²) in [6, 6.07) is 25.7. The van der Waals surface area contributed by atoms with Crippen molar-refractivity contribution in [3.05, 3.63) is 89.7 Å². The molecule has 0 fully saturated rings. The lowest BCUT2D eigenvalue weighted by Gasteiger charge is -2.25. The number of pyridine rings is 1. The second-order valence-electron chi connectivity index (χ2n) is 6.86. The third-order valence-corrected chi connectivity index (χ3v) is 5.11. The first kappa shape index (κ1) is 15.9. The zero-order valence-electron chi connectivity index (χ0n) is 14.7. The maximum Gasteiger partial charge on any atom is 0.0467 e. The molecule has 1 aliphatic rings. The van der Waals surface area contributed by atoms with Crippen LogP contribution in [0.15, 0.2) is 72.8 Å². The highest BCUT2D eigenvalue weighted by molar-refractivity contribution is 5.62. The van der Waals surface area contributed by atoms with Gasteiger partial charge in [0, 0.05) is 35.7 Å². The minimum Gasteiger partial charge on any atom is -0.341 e.